The molecule has 0 bridgehead atoms. The second kappa shape index (κ2) is 7.43. The zero-order chi connectivity index (χ0) is 18.6. The summed E-state index contributed by atoms with van der Waals surface area (Å²) in [5.41, 5.74) is 4.79. The first-order chi connectivity index (χ1) is 13.2. The monoisotopic (exact) mass is 356 g/mol. The first-order valence-electron chi connectivity index (χ1n) is 8.70. The highest BCUT2D eigenvalue weighted by Crippen LogP contribution is 2.32. The maximum atomic E-state index is 6.48. The molecule has 0 aliphatic carbocycles. The normalized spacial score (nSPS) is 10.7. The second-order valence-corrected chi connectivity index (χ2v) is 6.26. The highest BCUT2D eigenvalue weighted by Gasteiger charge is 2.13. The Morgan fingerprint density at radius 3 is 2.48 bits per heavy atom. The van der Waals surface area contributed by atoms with Crippen LogP contribution in [0.25, 0.3) is 22.2 Å². The van der Waals surface area contributed by atoms with Gasteiger partial charge in [-0.15, -0.1) is 0 Å². The Balaban J connectivity index is 1.84. The second-order valence-electron chi connectivity index (χ2n) is 6.26. The number of ether oxygens (including phenoxy) is 1. The lowest BCUT2D eigenvalue weighted by Crippen LogP contribution is -2.30. The molecule has 0 saturated heterocycles. The van der Waals surface area contributed by atoms with Crippen LogP contribution in [0.2, 0.25) is 0 Å². The molecule has 0 fully saturated rings. The number of hydrogen-bond acceptors (Lipinski definition) is 5. The number of rotatable bonds is 5. The summed E-state index contributed by atoms with van der Waals surface area (Å²) in [5, 5.41) is 2.69. The average molecular weight is 356 g/mol. The minimum Gasteiger partial charge on any atom is -0.497 e. The van der Waals surface area contributed by atoms with Gasteiger partial charge in [-0.2, -0.15) is 0 Å². The Hall–Kier alpha value is -3.44. The standard InChI is InChI=1S/C22H20N4O/c1-27-18-7-8-20-19(13-18)22(26(23)15-16-9-11-24-12-10-16)14-21(25-20)17-5-3-2-4-6-17/h2-14H,15,23H2,1H3. The molecule has 0 spiro atoms. The summed E-state index contributed by atoms with van der Waals surface area (Å²) >= 11 is 0. The van der Waals surface area contributed by atoms with Crippen molar-refractivity contribution in [3.63, 3.8) is 0 Å². The largest absolute Gasteiger partial charge is 0.497 e. The molecule has 0 amide bonds. The molecule has 0 unspecified atom stereocenters. The predicted molar refractivity (Wildman–Crippen MR) is 108 cm³/mol. The topological polar surface area (TPSA) is 64.3 Å². The van der Waals surface area contributed by atoms with Gasteiger partial charge >= 0.3 is 0 Å². The van der Waals surface area contributed by atoms with Crippen molar-refractivity contribution in [3.05, 3.63) is 84.7 Å². The van der Waals surface area contributed by atoms with Crippen molar-refractivity contribution in [1.29, 1.82) is 0 Å². The fourth-order valence-electron chi connectivity index (χ4n) is 3.08. The number of methoxy groups -OCH3 is 1. The minimum absolute atomic E-state index is 0.563. The van der Waals surface area contributed by atoms with Crippen LogP contribution in [0.1, 0.15) is 5.56 Å². The molecule has 0 aliphatic rings. The van der Waals surface area contributed by atoms with Crippen molar-refractivity contribution in [1.82, 2.24) is 9.97 Å². The SMILES string of the molecule is COc1ccc2nc(-c3ccccc3)cc(N(N)Cc3ccncc3)c2c1. The lowest BCUT2D eigenvalue weighted by molar-refractivity contribution is 0.415. The number of fused-ring (bicyclic) bond motifs is 1. The van der Waals surface area contributed by atoms with Crippen LogP contribution >= 0.6 is 0 Å². The molecular formula is C22H20N4O. The van der Waals surface area contributed by atoms with E-state index in [1.807, 2.05) is 66.7 Å². The van der Waals surface area contributed by atoms with Gasteiger partial charge in [0.05, 0.1) is 30.6 Å². The van der Waals surface area contributed by atoms with E-state index in [-0.39, 0.29) is 0 Å². The molecule has 2 aromatic heterocycles. The van der Waals surface area contributed by atoms with Crippen molar-refractivity contribution in [2.75, 3.05) is 12.1 Å². The summed E-state index contributed by atoms with van der Waals surface area (Å²) in [5.74, 6) is 7.25. The zero-order valence-corrected chi connectivity index (χ0v) is 15.0. The van der Waals surface area contributed by atoms with Crippen LogP contribution in [-0.4, -0.2) is 17.1 Å². The van der Waals surface area contributed by atoms with Crippen molar-refractivity contribution in [2.24, 2.45) is 5.84 Å². The molecule has 2 aromatic carbocycles. The van der Waals surface area contributed by atoms with E-state index in [2.05, 4.69) is 4.98 Å². The smallest absolute Gasteiger partial charge is 0.119 e. The van der Waals surface area contributed by atoms with Crippen LogP contribution in [0, 0.1) is 0 Å². The van der Waals surface area contributed by atoms with E-state index in [0.717, 1.165) is 39.2 Å². The first-order valence-corrected chi connectivity index (χ1v) is 8.70. The third kappa shape index (κ3) is 3.59. The fraction of sp³-hybridized carbons (Fsp3) is 0.0909. The third-order valence-corrected chi connectivity index (χ3v) is 4.48. The Morgan fingerprint density at radius 2 is 1.74 bits per heavy atom. The van der Waals surface area contributed by atoms with E-state index < -0.39 is 0 Å². The van der Waals surface area contributed by atoms with E-state index in [4.69, 9.17) is 15.6 Å². The van der Waals surface area contributed by atoms with Gasteiger partial charge in [-0.1, -0.05) is 30.3 Å². The number of hydrazine groups is 1. The van der Waals surface area contributed by atoms with Crippen molar-refractivity contribution in [3.8, 4) is 17.0 Å². The molecule has 5 heteroatoms. The first kappa shape index (κ1) is 17.0. The van der Waals surface area contributed by atoms with Crippen molar-refractivity contribution in [2.45, 2.75) is 6.54 Å². The fourth-order valence-corrected chi connectivity index (χ4v) is 3.08. The lowest BCUT2D eigenvalue weighted by Gasteiger charge is -2.22. The number of hydrogen-bond donors (Lipinski definition) is 1. The molecule has 0 radical (unpaired) electrons. The van der Waals surface area contributed by atoms with E-state index in [1.54, 1.807) is 24.5 Å². The summed E-state index contributed by atoms with van der Waals surface area (Å²) in [6.07, 6.45) is 3.54. The molecule has 27 heavy (non-hydrogen) atoms. The van der Waals surface area contributed by atoms with E-state index in [1.165, 1.54) is 0 Å². The number of nitrogens with two attached hydrogens (primary N) is 1. The van der Waals surface area contributed by atoms with Gasteiger partial charge in [0.25, 0.3) is 0 Å². The van der Waals surface area contributed by atoms with Crippen LogP contribution in [0.3, 0.4) is 0 Å². The Kier molecular flexibility index (Phi) is 4.68. The molecule has 0 saturated carbocycles. The van der Waals surface area contributed by atoms with E-state index in [0.29, 0.717) is 6.54 Å². The number of pyridine rings is 2. The molecule has 0 atom stereocenters. The lowest BCUT2D eigenvalue weighted by atomic mass is 10.1. The molecule has 0 aliphatic heterocycles. The van der Waals surface area contributed by atoms with Gasteiger partial charge in [0.1, 0.15) is 5.75 Å². The predicted octanol–water partition coefficient (Wildman–Crippen LogP) is 4.19. The molecule has 2 N–H and O–H groups in total. The summed E-state index contributed by atoms with van der Waals surface area (Å²) in [6, 6.07) is 21.9. The van der Waals surface area contributed by atoms with E-state index in [9.17, 15) is 0 Å². The molecule has 5 nitrogen and oxygen atoms in total. The highest BCUT2D eigenvalue weighted by atomic mass is 16.5. The van der Waals surface area contributed by atoms with Gasteiger partial charge in [0.15, 0.2) is 0 Å². The van der Waals surface area contributed by atoms with Crippen molar-refractivity contribution < 1.29 is 4.74 Å². The quantitative estimate of drug-likeness (QED) is 0.429. The summed E-state index contributed by atoms with van der Waals surface area (Å²) < 4.78 is 5.39. The number of anilines is 1. The Labute approximate surface area is 158 Å². The van der Waals surface area contributed by atoms with Crippen LogP contribution in [0.4, 0.5) is 5.69 Å². The molecule has 4 rings (SSSR count). The van der Waals surface area contributed by atoms with E-state index >= 15 is 0 Å². The molecular weight excluding hydrogens is 336 g/mol. The minimum atomic E-state index is 0.563. The van der Waals surface area contributed by atoms with Gasteiger partial charge < -0.3 is 9.75 Å². The highest BCUT2D eigenvalue weighted by molar-refractivity contribution is 5.95. The third-order valence-electron chi connectivity index (χ3n) is 4.48. The molecule has 134 valence electrons. The van der Waals surface area contributed by atoms with Crippen LogP contribution < -0.4 is 15.6 Å². The number of aromatic nitrogens is 2. The summed E-state index contributed by atoms with van der Waals surface area (Å²) in [6.45, 7) is 0.563. The summed E-state index contributed by atoms with van der Waals surface area (Å²) in [7, 11) is 1.66. The van der Waals surface area contributed by atoms with Gasteiger partial charge in [-0.05, 0) is 42.0 Å². The summed E-state index contributed by atoms with van der Waals surface area (Å²) in [4.78, 5) is 8.89. The number of benzene rings is 2. The van der Waals surface area contributed by atoms with Crippen molar-refractivity contribution >= 4 is 16.6 Å². The molecule has 2 heterocycles. The molecule has 4 aromatic rings. The average Bonchev–Trinajstić information content (AvgIpc) is 2.74. The van der Waals surface area contributed by atoms with Gasteiger partial charge in [-0.3, -0.25) is 4.98 Å². The zero-order valence-electron chi connectivity index (χ0n) is 15.0. The van der Waals surface area contributed by atoms with Crippen LogP contribution in [0.15, 0.2) is 79.1 Å². The Morgan fingerprint density at radius 1 is 0.963 bits per heavy atom. The van der Waals surface area contributed by atoms with Gasteiger partial charge in [0.2, 0.25) is 0 Å². The van der Waals surface area contributed by atoms with Gasteiger partial charge in [0, 0.05) is 23.3 Å². The maximum Gasteiger partial charge on any atom is 0.119 e. The van der Waals surface area contributed by atoms with Crippen LogP contribution in [0.5, 0.6) is 5.75 Å². The maximum absolute atomic E-state index is 6.48. The number of nitrogens with zero attached hydrogens (tertiary/aromatic N) is 3. The Bertz CT molecular complexity index is 1050. The van der Waals surface area contributed by atoms with Crippen LogP contribution in [-0.2, 0) is 6.54 Å². The van der Waals surface area contributed by atoms with Gasteiger partial charge in [-0.25, -0.2) is 10.8 Å².